The maximum Gasteiger partial charge on any atom is 0.119 e. The molecule has 1 atom stereocenters. The first-order chi connectivity index (χ1) is 10.4. The van der Waals surface area contributed by atoms with Crippen molar-refractivity contribution >= 4 is 5.69 Å². The molecule has 1 heterocycles. The zero-order chi connectivity index (χ0) is 14.5. The van der Waals surface area contributed by atoms with E-state index in [2.05, 4.69) is 34.5 Å². The Morgan fingerprint density at radius 3 is 2.62 bits per heavy atom. The molecule has 1 aliphatic carbocycles. The monoisotopic (exact) mass is 288 g/mol. The molecule has 1 saturated heterocycles. The van der Waals surface area contributed by atoms with Crippen molar-refractivity contribution < 1.29 is 4.74 Å². The molecule has 116 valence electrons. The minimum Gasteiger partial charge on any atom is -0.494 e. The molecule has 3 nitrogen and oxygen atoms in total. The van der Waals surface area contributed by atoms with Crippen molar-refractivity contribution in [3.63, 3.8) is 0 Å². The molecule has 0 aromatic heterocycles. The van der Waals surface area contributed by atoms with E-state index in [0.29, 0.717) is 6.04 Å². The first-order valence-corrected chi connectivity index (χ1v) is 8.58. The molecule has 1 aromatic carbocycles. The number of benzene rings is 1. The Morgan fingerprint density at radius 2 is 1.90 bits per heavy atom. The quantitative estimate of drug-likeness (QED) is 0.918. The molecule has 1 unspecified atom stereocenters. The Labute approximate surface area is 128 Å². The second kappa shape index (κ2) is 7.17. The SMILES string of the molecule is CCOc1ccc(N2CCNC(C3CCCCC3)C2)cc1. The maximum absolute atomic E-state index is 5.53. The summed E-state index contributed by atoms with van der Waals surface area (Å²) in [6, 6.07) is 9.26. The Bertz CT molecular complexity index is 425. The normalized spacial score (nSPS) is 24.0. The molecular formula is C18H28N2O. The Balaban J connectivity index is 1.62. The third-order valence-electron chi connectivity index (χ3n) is 4.94. The summed E-state index contributed by atoms with van der Waals surface area (Å²) in [5.74, 6) is 1.85. The van der Waals surface area contributed by atoms with E-state index in [9.17, 15) is 0 Å². The van der Waals surface area contributed by atoms with E-state index in [4.69, 9.17) is 4.74 Å². The van der Waals surface area contributed by atoms with Crippen LogP contribution >= 0.6 is 0 Å². The van der Waals surface area contributed by atoms with E-state index in [1.165, 1.54) is 37.8 Å². The number of piperazine rings is 1. The van der Waals surface area contributed by atoms with Crippen LogP contribution in [0, 0.1) is 5.92 Å². The highest BCUT2D eigenvalue weighted by atomic mass is 16.5. The van der Waals surface area contributed by atoms with Gasteiger partial charge in [0.15, 0.2) is 0 Å². The molecular weight excluding hydrogens is 260 g/mol. The van der Waals surface area contributed by atoms with Gasteiger partial charge in [-0.25, -0.2) is 0 Å². The number of rotatable bonds is 4. The topological polar surface area (TPSA) is 24.5 Å². The van der Waals surface area contributed by atoms with Crippen molar-refractivity contribution in [2.24, 2.45) is 5.92 Å². The zero-order valence-electron chi connectivity index (χ0n) is 13.2. The van der Waals surface area contributed by atoms with Crippen LogP contribution < -0.4 is 15.0 Å². The molecule has 3 heteroatoms. The van der Waals surface area contributed by atoms with Gasteiger partial charge in [-0.2, -0.15) is 0 Å². The molecule has 1 aliphatic heterocycles. The fourth-order valence-corrected chi connectivity index (χ4v) is 3.78. The van der Waals surface area contributed by atoms with Crippen molar-refractivity contribution in [3.8, 4) is 5.75 Å². The molecule has 2 fully saturated rings. The largest absolute Gasteiger partial charge is 0.494 e. The minimum atomic E-state index is 0.672. The van der Waals surface area contributed by atoms with Crippen molar-refractivity contribution in [1.82, 2.24) is 5.32 Å². The average molecular weight is 288 g/mol. The Morgan fingerprint density at radius 1 is 1.14 bits per heavy atom. The molecule has 0 radical (unpaired) electrons. The van der Waals surface area contributed by atoms with Crippen LogP contribution in [0.2, 0.25) is 0 Å². The minimum absolute atomic E-state index is 0.672. The van der Waals surface area contributed by atoms with Crippen molar-refractivity contribution in [1.29, 1.82) is 0 Å². The third-order valence-corrected chi connectivity index (χ3v) is 4.94. The average Bonchev–Trinajstić information content (AvgIpc) is 2.57. The second-order valence-electron chi connectivity index (χ2n) is 6.33. The number of hydrogen-bond donors (Lipinski definition) is 1. The van der Waals surface area contributed by atoms with Crippen LogP contribution in [-0.4, -0.2) is 32.3 Å². The predicted molar refractivity (Wildman–Crippen MR) is 88.2 cm³/mol. The van der Waals surface area contributed by atoms with E-state index in [0.717, 1.165) is 37.9 Å². The summed E-state index contributed by atoms with van der Waals surface area (Å²) in [6.45, 7) is 6.12. The molecule has 1 aromatic rings. The van der Waals surface area contributed by atoms with E-state index >= 15 is 0 Å². The summed E-state index contributed by atoms with van der Waals surface area (Å²) in [4.78, 5) is 2.53. The van der Waals surface area contributed by atoms with E-state index < -0.39 is 0 Å². The van der Waals surface area contributed by atoms with E-state index in [1.54, 1.807) is 0 Å². The Hall–Kier alpha value is -1.22. The summed E-state index contributed by atoms with van der Waals surface area (Å²) in [5, 5.41) is 3.75. The summed E-state index contributed by atoms with van der Waals surface area (Å²) < 4.78 is 5.53. The molecule has 0 spiro atoms. The lowest BCUT2D eigenvalue weighted by atomic mass is 9.83. The smallest absolute Gasteiger partial charge is 0.119 e. The summed E-state index contributed by atoms with van der Waals surface area (Å²) >= 11 is 0. The third kappa shape index (κ3) is 3.70. The lowest BCUT2D eigenvalue weighted by Crippen LogP contribution is -2.54. The highest BCUT2D eigenvalue weighted by Gasteiger charge is 2.28. The van der Waals surface area contributed by atoms with Gasteiger partial charge < -0.3 is 15.0 Å². The lowest BCUT2D eigenvalue weighted by Gasteiger charge is -2.40. The summed E-state index contributed by atoms with van der Waals surface area (Å²) in [7, 11) is 0. The van der Waals surface area contributed by atoms with Gasteiger partial charge in [0.2, 0.25) is 0 Å². The van der Waals surface area contributed by atoms with Gasteiger partial charge in [-0.3, -0.25) is 0 Å². The van der Waals surface area contributed by atoms with Gasteiger partial charge in [-0.15, -0.1) is 0 Å². The van der Waals surface area contributed by atoms with Crippen LogP contribution in [0.4, 0.5) is 5.69 Å². The number of ether oxygens (including phenoxy) is 1. The van der Waals surface area contributed by atoms with Gasteiger partial charge in [0.05, 0.1) is 6.61 Å². The summed E-state index contributed by atoms with van der Waals surface area (Å²) in [6.07, 6.45) is 7.10. The van der Waals surface area contributed by atoms with Crippen LogP contribution in [0.25, 0.3) is 0 Å². The van der Waals surface area contributed by atoms with Crippen molar-refractivity contribution in [3.05, 3.63) is 24.3 Å². The fraction of sp³-hybridized carbons (Fsp3) is 0.667. The molecule has 2 aliphatic rings. The highest BCUT2D eigenvalue weighted by molar-refractivity contribution is 5.49. The van der Waals surface area contributed by atoms with Gasteiger partial charge in [0, 0.05) is 31.4 Å². The van der Waals surface area contributed by atoms with Crippen molar-refractivity contribution in [2.45, 2.75) is 45.1 Å². The molecule has 1 saturated carbocycles. The number of nitrogens with zero attached hydrogens (tertiary/aromatic N) is 1. The molecule has 0 amide bonds. The highest BCUT2D eigenvalue weighted by Crippen LogP contribution is 2.29. The van der Waals surface area contributed by atoms with Gasteiger partial charge in [-0.1, -0.05) is 19.3 Å². The van der Waals surface area contributed by atoms with Gasteiger partial charge in [-0.05, 0) is 49.9 Å². The van der Waals surface area contributed by atoms with Gasteiger partial charge in [0.1, 0.15) is 5.75 Å². The standard InChI is InChI=1S/C18H28N2O/c1-2-21-17-10-8-16(9-11-17)20-13-12-19-18(14-20)15-6-4-3-5-7-15/h8-11,15,18-19H,2-7,12-14H2,1H3. The lowest BCUT2D eigenvalue weighted by molar-refractivity contribution is 0.257. The zero-order valence-corrected chi connectivity index (χ0v) is 13.2. The van der Waals surface area contributed by atoms with Crippen LogP contribution in [0.5, 0.6) is 5.75 Å². The predicted octanol–water partition coefficient (Wildman–Crippen LogP) is 3.44. The van der Waals surface area contributed by atoms with Crippen molar-refractivity contribution in [2.75, 3.05) is 31.1 Å². The first kappa shape index (κ1) is 14.7. The van der Waals surface area contributed by atoms with E-state index in [-0.39, 0.29) is 0 Å². The summed E-state index contributed by atoms with van der Waals surface area (Å²) in [5.41, 5.74) is 1.33. The van der Waals surface area contributed by atoms with E-state index in [1.807, 2.05) is 6.92 Å². The fourth-order valence-electron chi connectivity index (χ4n) is 3.78. The van der Waals surface area contributed by atoms with Crippen LogP contribution in [0.3, 0.4) is 0 Å². The van der Waals surface area contributed by atoms with Crippen LogP contribution in [0.15, 0.2) is 24.3 Å². The van der Waals surface area contributed by atoms with Gasteiger partial charge in [0.25, 0.3) is 0 Å². The molecule has 1 N–H and O–H groups in total. The number of nitrogens with one attached hydrogen (secondary N) is 1. The molecule has 3 rings (SSSR count). The number of anilines is 1. The first-order valence-electron chi connectivity index (χ1n) is 8.58. The molecule has 21 heavy (non-hydrogen) atoms. The van der Waals surface area contributed by atoms with Gasteiger partial charge >= 0.3 is 0 Å². The molecule has 0 bridgehead atoms. The van der Waals surface area contributed by atoms with Crippen LogP contribution in [-0.2, 0) is 0 Å². The number of hydrogen-bond acceptors (Lipinski definition) is 3. The Kier molecular flexibility index (Phi) is 5.02. The second-order valence-corrected chi connectivity index (χ2v) is 6.33. The maximum atomic E-state index is 5.53. The van der Waals surface area contributed by atoms with Crippen LogP contribution in [0.1, 0.15) is 39.0 Å².